The molecule has 0 bridgehead atoms. The molecule has 1 unspecified atom stereocenters. The first-order valence-electron chi connectivity index (χ1n) is 6.67. The maximum absolute atomic E-state index is 12.2. The van der Waals surface area contributed by atoms with E-state index in [9.17, 15) is 9.90 Å². The molecule has 6 nitrogen and oxygen atoms in total. The minimum Gasteiger partial charge on any atom is -0.387 e. The molecule has 1 amide bonds. The molecule has 1 atom stereocenters. The number of thiophene rings is 1. The smallest absolute Gasteiger partial charge is 0.251 e. The number of aliphatic hydroxyl groups excluding tert-OH is 1. The van der Waals surface area contributed by atoms with E-state index >= 15 is 0 Å². The molecule has 0 radical (unpaired) electrons. The van der Waals surface area contributed by atoms with Crippen LogP contribution in [0.3, 0.4) is 0 Å². The van der Waals surface area contributed by atoms with Crippen LogP contribution in [-0.2, 0) is 0 Å². The van der Waals surface area contributed by atoms with Gasteiger partial charge in [0.1, 0.15) is 12.1 Å². The molecule has 7 heteroatoms. The van der Waals surface area contributed by atoms with Crippen molar-refractivity contribution >= 4 is 17.2 Å². The van der Waals surface area contributed by atoms with Crippen LogP contribution in [0.2, 0.25) is 0 Å². The van der Waals surface area contributed by atoms with Gasteiger partial charge < -0.3 is 10.4 Å². The second kappa shape index (κ2) is 6.50. The largest absolute Gasteiger partial charge is 0.387 e. The van der Waals surface area contributed by atoms with Gasteiger partial charge in [0.25, 0.3) is 5.91 Å². The summed E-state index contributed by atoms with van der Waals surface area (Å²) in [6, 6.07) is 5.14. The maximum atomic E-state index is 12.2. The van der Waals surface area contributed by atoms with Crippen LogP contribution in [0, 0.1) is 0 Å². The molecule has 3 rings (SSSR count). The third kappa shape index (κ3) is 3.21. The van der Waals surface area contributed by atoms with Crippen LogP contribution in [0.1, 0.15) is 22.0 Å². The molecular weight excluding hydrogens is 300 g/mol. The lowest BCUT2D eigenvalue weighted by Gasteiger charge is -2.11. The Morgan fingerprint density at radius 3 is 3.05 bits per heavy atom. The van der Waals surface area contributed by atoms with Crippen LogP contribution in [0.4, 0.5) is 0 Å². The van der Waals surface area contributed by atoms with Crippen molar-refractivity contribution in [2.45, 2.75) is 6.10 Å². The van der Waals surface area contributed by atoms with Gasteiger partial charge in [-0.2, -0.15) is 11.3 Å². The Labute approximate surface area is 131 Å². The summed E-state index contributed by atoms with van der Waals surface area (Å²) in [6.45, 7) is 0.165. The molecule has 22 heavy (non-hydrogen) atoms. The van der Waals surface area contributed by atoms with Gasteiger partial charge in [0, 0.05) is 30.7 Å². The number of imidazole rings is 1. The number of nitrogens with zero attached hydrogens (tertiary/aromatic N) is 3. The van der Waals surface area contributed by atoms with Gasteiger partial charge in [-0.1, -0.05) is 0 Å². The highest BCUT2D eigenvalue weighted by molar-refractivity contribution is 7.07. The summed E-state index contributed by atoms with van der Waals surface area (Å²) < 4.78 is 1.72. The van der Waals surface area contributed by atoms with E-state index in [2.05, 4.69) is 15.3 Å². The van der Waals surface area contributed by atoms with Crippen molar-refractivity contribution in [3.8, 4) is 5.82 Å². The molecule has 0 saturated carbocycles. The lowest BCUT2D eigenvalue weighted by Crippen LogP contribution is -2.28. The van der Waals surface area contributed by atoms with Crippen LogP contribution in [0.5, 0.6) is 0 Å². The lowest BCUT2D eigenvalue weighted by atomic mass is 10.2. The molecule has 0 aliphatic heterocycles. The Bertz CT molecular complexity index is 741. The van der Waals surface area contributed by atoms with Gasteiger partial charge in [0.2, 0.25) is 0 Å². The molecule has 112 valence electrons. The fourth-order valence-corrected chi connectivity index (χ4v) is 2.68. The molecular formula is C15H14N4O2S. The lowest BCUT2D eigenvalue weighted by molar-refractivity contribution is 0.0916. The van der Waals surface area contributed by atoms with Gasteiger partial charge in [-0.25, -0.2) is 9.97 Å². The fraction of sp³-hybridized carbons (Fsp3) is 0.133. The average molecular weight is 314 g/mol. The van der Waals surface area contributed by atoms with Crippen LogP contribution >= 0.6 is 11.3 Å². The van der Waals surface area contributed by atoms with Gasteiger partial charge in [-0.05, 0) is 34.5 Å². The van der Waals surface area contributed by atoms with Crippen LogP contribution in [0.15, 0.2) is 53.9 Å². The fourth-order valence-electron chi connectivity index (χ4n) is 1.97. The first-order valence-corrected chi connectivity index (χ1v) is 7.61. The molecule has 0 spiro atoms. The topological polar surface area (TPSA) is 80.0 Å². The molecule has 0 fully saturated rings. The van der Waals surface area contributed by atoms with Crippen LogP contribution in [0.25, 0.3) is 5.82 Å². The highest BCUT2D eigenvalue weighted by Gasteiger charge is 2.12. The molecule has 3 aromatic rings. The molecule has 0 aliphatic carbocycles. The predicted molar refractivity (Wildman–Crippen MR) is 83.0 cm³/mol. The number of hydrogen-bond donors (Lipinski definition) is 2. The van der Waals surface area contributed by atoms with E-state index < -0.39 is 6.10 Å². The first kappa shape index (κ1) is 14.4. The van der Waals surface area contributed by atoms with E-state index in [0.29, 0.717) is 11.4 Å². The van der Waals surface area contributed by atoms with Gasteiger partial charge >= 0.3 is 0 Å². The molecule has 0 saturated heterocycles. The number of nitrogens with one attached hydrogen (secondary N) is 1. The number of carbonyl (C=O) groups is 1. The van der Waals surface area contributed by atoms with E-state index in [0.717, 1.165) is 5.56 Å². The van der Waals surface area contributed by atoms with Crippen molar-refractivity contribution in [1.82, 2.24) is 19.9 Å². The molecule has 3 heterocycles. The normalized spacial score (nSPS) is 12.0. The van der Waals surface area contributed by atoms with E-state index in [1.807, 2.05) is 16.8 Å². The van der Waals surface area contributed by atoms with Crippen molar-refractivity contribution in [3.63, 3.8) is 0 Å². The minimum atomic E-state index is -0.704. The Kier molecular flexibility index (Phi) is 4.27. The quantitative estimate of drug-likeness (QED) is 0.752. The Balaban J connectivity index is 1.66. The summed E-state index contributed by atoms with van der Waals surface area (Å²) >= 11 is 1.51. The van der Waals surface area contributed by atoms with Crippen molar-refractivity contribution < 1.29 is 9.90 Å². The maximum Gasteiger partial charge on any atom is 0.251 e. The van der Waals surface area contributed by atoms with Gasteiger partial charge in [0.15, 0.2) is 0 Å². The summed E-state index contributed by atoms with van der Waals surface area (Å²) in [5.74, 6) is 0.363. The molecule has 0 aromatic carbocycles. The van der Waals surface area contributed by atoms with E-state index in [-0.39, 0.29) is 12.5 Å². The summed E-state index contributed by atoms with van der Waals surface area (Å²) in [5, 5.41) is 16.5. The van der Waals surface area contributed by atoms with Gasteiger partial charge in [-0.15, -0.1) is 0 Å². The van der Waals surface area contributed by atoms with Crippen LogP contribution < -0.4 is 5.32 Å². The van der Waals surface area contributed by atoms with E-state index in [1.54, 1.807) is 41.6 Å². The number of hydrogen-bond acceptors (Lipinski definition) is 5. The highest BCUT2D eigenvalue weighted by Crippen LogP contribution is 2.15. The SMILES string of the molecule is O=C(NCC(O)c1ccsc1)c1ccnc(-n2ccnc2)c1. The van der Waals surface area contributed by atoms with Gasteiger partial charge in [0.05, 0.1) is 6.10 Å². The number of amides is 1. The monoisotopic (exact) mass is 314 g/mol. The Hall–Kier alpha value is -2.51. The number of aromatic nitrogens is 3. The average Bonchev–Trinajstić information content (AvgIpc) is 3.25. The van der Waals surface area contributed by atoms with Crippen molar-refractivity contribution in [2.24, 2.45) is 0 Å². The Morgan fingerprint density at radius 2 is 2.32 bits per heavy atom. The van der Waals surface area contributed by atoms with Gasteiger partial charge in [-0.3, -0.25) is 9.36 Å². The number of aliphatic hydroxyl groups is 1. The Morgan fingerprint density at radius 1 is 1.41 bits per heavy atom. The number of carbonyl (C=O) groups excluding carboxylic acids is 1. The molecule has 2 N–H and O–H groups in total. The first-order chi connectivity index (χ1) is 10.7. The number of rotatable bonds is 5. The summed E-state index contributed by atoms with van der Waals surface area (Å²) in [5.41, 5.74) is 1.29. The van der Waals surface area contributed by atoms with E-state index in [1.165, 1.54) is 11.3 Å². The van der Waals surface area contributed by atoms with E-state index in [4.69, 9.17) is 0 Å². The minimum absolute atomic E-state index is 0.165. The highest BCUT2D eigenvalue weighted by atomic mass is 32.1. The zero-order chi connectivity index (χ0) is 15.4. The summed E-state index contributed by atoms with van der Waals surface area (Å²) in [6.07, 6.45) is 5.88. The second-order valence-corrected chi connectivity index (χ2v) is 5.44. The van der Waals surface area contributed by atoms with Crippen LogP contribution in [-0.4, -0.2) is 32.1 Å². The number of pyridine rings is 1. The summed E-state index contributed by atoms with van der Waals surface area (Å²) in [4.78, 5) is 20.3. The molecule has 0 aliphatic rings. The summed E-state index contributed by atoms with van der Waals surface area (Å²) in [7, 11) is 0. The molecule has 3 aromatic heterocycles. The zero-order valence-electron chi connectivity index (χ0n) is 11.6. The third-order valence-electron chi connectivity index (χ3n) is 3.16. The van der Waals surface area contributed by atoms with Crippen molar-refractivity contribution in [1.29, 1.82) is 0 Å². The van der Waals surface area contributed by atoms with Crippen molar-refractivity contribution in [3.05, 3.63) is 65.0 Å². The standard InChI is InChI=1S/C15H14N4O2S/c20-13(12-2-6-22-9-12)8-18-15(21)11-1-3-17-14(7-11)19-5-4-16-10-19/h1-7,9-10,13,20H,8H2,(H,18,21). The zero-order valence-corrected chi connectivity index (χ0v) is 12.4. The third-order valence-corrected chi connectivity index (χ3v) is 3.86. The van der Waals surface area contributed by atoms with Crippen molar-refractivity contribution in [2.75, 3.05) is 6.54 Å². The second-order valence-electron chi connectivity index (χ2n) is 4.66. The predicted octanol–water partition coefficient (Wildman–Crippen LogP) is 1.79.